The number of hydrogen-bond acceptors (Lipinski definition) is 5. The molecule has 1 amide bonds. The first-order chi connectivity index (χ1) is 16.8. The lowest BCUT2D eigenvalue weighted by atomic mass is 10.0. The Labute approximate surface area is 203 Å². The van der Waals surface area contributed by atoms with E-state index in [0.29, 0.717) is 18.5 Å². The molecule has 0 spiro atoms. The van der Waals surface area contributed by atoms with Crippen LogP contribution in [-0.2, 0) is 11.0 Å². The second kappa shape index (κ2) is 11.0. The normalized spacial score (nSPS) is 17.8. The van der Waals surface area contributed by atoms with Crippen LogP contribution >= 0.6 is 0 Å². The fraction of sp³-hybridized carbons (Fsp3) is 0.462. The molecule has 0 unspecified atom stereocenters. The Morgan fingerprint density at radius 2 is 1.69 bits per heavy atom. The van der Waals surface area contributed by atoms with Gasteiger partial charge in [0.15, 0.2) is 0 Å². The number of rotatable bonds is 6. The topological polar surface area (TPSA) is 62.6 Å². The van der Waals surface area contributed by atoms with Gasteiger partial charge in [-0.2, -0.15) is 18.4 Å². The molecule has 0 aromatic heterocycles. The summed E-state index contributed by atoms with van der Waals surface area (Å²) in [6.45, 7) is 5.14. The molecule has 0 bridgehead atoms. The van der Waals surface area contributed by atoms with E-state index in [1.165, 1.54) is 12.1 Å². The van der Waals surface area contributed by atoms with Crippen molar-refractivity contribution >= 4 is 17.3 Å². The van der Waals surface area contributed by atoms with Gasteiger partial charge >= 0.3 is 6.18 Å². The number of nitrogens with one attached hydrogen (secondary N) is 1. The van der Waals surface area contributed by atoms with Crippen LogP contribution in [0.5, 0.6) is 0 Å². The number of piperazine rings is 1. The molecule has 2 heterocycles. The Kier molecular flexibility index (Phi) is 7.81. The highest BCUT2D eigenvalue weighted by Crippen LogP contribution is 2.30. The van der Waals surface area contributed by atoms with Gasteiger partial charge in [-0.1, -0.05) is 6.07 Å². The number of amides is 1. The Balaban J connectivity index is 1.16. The second-order valence-corrected chi connectivity index (χ2v) is 9.12. The molecule has 0 radical (unpaired) electrons. The van der Waals surface area contributed by atoms with Gasteiger partial charge in [-0.25, -0.2) is 0 Å². The Hall–Kier alpha value is -3.25. The summed E-state index contributed by atoms with van der Waals surface area (Å²) >= 11 is 0. The highest BCUT2D eigenvalue weighted by molar-refractivity contribution is 5.76. The van der Waals surface area contributed by atoms with Gasteiger partial charge in [0.1, 0.15) is 0 Å². The molecule has 2 aromatic rings. The number of nitrogens with zero attached hydrogens (tertiary/aromatic N) is 4. The van der Waals surface area contributed by atoms with Crippen LogP contribution in [0, 0.1) is 11.3 Å². The van der Waals surface area contributed by atoms with E-state index in [1.54, 1.807) is 6.07 Å². The summed E-state index contributed by atoms with van der Waals surface area (Å²) in [7, 11) is 0. The van der Waals surface area contributed by atoms with Crippen molar-refractivity contribution in [2.75, 3.05) is 56.0 Å². The van der Waals surface area contributed by atoms with E-state index >= 15 is 0 Å². The van der Waals surface area contributed by atoms with E-state index < -0.39 is 11.7 Å². The molecule has 4 rings (SSSR count). The second-order valence-electron chi connectivity index (χ2n) is 9.12. The van der Waals surface area contributed by atoms with Gasteiger partial charge in [-0.3, -0.25) is 9.69 Å². The van der Waals surface area contributed by atoms with E-state index in [-0.39, 0.29) is 11.9 Å². The first-order valence-corrected chi connectivity index (χ1v) is 12.0. The summed E-state index contributed by atoms with van der Waals surface area (Å²) in [5, 5.41) is 12.5. The van der Waals surface area contributed by atoms with Gasteiger partial charge in [0.25, 0.3) is 0 Å². The third-order valence-corrected chi connectivity index (χ3v) is 6.78. The number of anilines is 2. The maximum atomic E-state index is 12.8. The number of piperidine rings is 1. The minimum atomic E-state index is -4.32. The van der Waals surface area contributed by atoms with Crippen LogP contribution in [0.1, 0.15) is 30.4 Å². The molecule has 2 aromatic carbocycles. The van der Waals surface area contributed by atoms with E-state index in [9.17, 15) is 18.0 Å². The van der Waals surface area contributed by atoms with Gasteiger partial charge in [0.05, 0.1) is 17.2 Å². The summed E-state index contributed by atoms with van der Waals surface area (Å²) in [5.41, 5.74) is 1.73. The van der Waals surface area contributed by atoms with E-state index in [0.717, 1.165) is 75.6 Å². The molecule has 35 heavy (non-hydrogen) atoms. The van der Waals surface area contributed by atoms with Crippen LogP contribution < -0.4 is 10.2 Å². The van der Waals surface area contributed by atoms with E-state index in [4.69, 9.17) is 5.26 Å². The molecule has 0 aliphatic carbocycles. The van der Waals surface area contributed by atoms with Gasteiger partial charge < -0.3 is 15.1 Å². The number of nitriles is 1. The van der Waals surface area contributed by atoms with Crippen molar-refractivity contribution in [2.45, 2.75) is 31.5 Å². The first kappa shape index (κ1) is 24.9. The maximum absolute atomic E-state index is 12.8. The lowest BCUT2D eigenvalue weighted by molar-refractivity contribution is -0.137. The number of halogens is 3. The molecule has 6 nitrogen and oxygen atoms in total. The third-order valence-electron chi connectivity index (χ3n) is 6.78. The average molecular weight is 486 g/mol. The fourth-order valence-electron chi connectivity index (χ4n) is 4.69. The van der Waals surface area contributed by atoms with Crippen molar-refractivity contribution in [3.05, 3.63) is 59.7 Å². The minimum Gasteiger partial charge on any atom is -0.382 e. The zero-order valence-corrected chi connectivity index (χ0v) is 19.6. The Morgan fingerprint density at radius 1 is 1.00 bits per heavy atom. The van der Waals surface area contributed by atoms with Crippen molar-refractivity contribution in [1.82, 2.24) is 9.80 Å². The minimum absolute atomic E-state index is 0.167. The Morgan fingerprint density at radius 3 is 2.31 bits per heavy atom. The number of alkyl halides is 3. The lowest BCUT2D eigenvalue weighted by Crippen LogP contribution is -2.48. The summed E-state index contributed by atoms with van der Waals surface area (Å²) in [4.78, 5) is 19.0. The standard InChI is InChI=1S/C26H30F3N5O/c27-26(28,29)21-4-6-24(7-5-21)33-16-14-32(15-17-33)11-10-25(35)34-12-8-22(9-13-34)31-23-3-1-2-20(18-23)19-30/h1-7,18,22,31H,8-17H2. The van der Waals surface area contributed by atoms with Gasteiger partial charge in [0, 0.05) is 69.7 Å². The van der Waals surface area contributed by atoms with E-state index in [1.807, 2.05) is 23.1 Å². The third kappa shape index (κ3) is 6.67. The lowest BCUT2D eigenvalue weighted by Gasteiger charge is -2.37. The monoisotopic (exact) mass is 485 g/mol. The average Bonchev–Trinajstić information content (AvgIpc) is 2.88. The number of hydrogen-bond donors (Lipinski definition) is 1. The molecule has 1 N–H and O–H groups in total. The summed E-state index contributed by atoms with van der Waals surface area (Å²) in [6, 6.07) is 15.2. The zero-order valence-electron chi connectivity index (χ0n) is 19.6. The van der Waals surface area contributed by atoms with E-state index in [2.05, 4.69) is 21.2 Å². The summed E-state index contributed by atoms with van der Waals surface area (Å²) in [5.74, 6) is 0.167. The number of carbonyl (C=O) groups is 1. The molecule has 9 heteroatoms. The fourth-order valence-corrected chi connectivity index (χ4v) is 4.69. The molecule has 2 aliphatic rings. The SMILES string of the molecule is N#Cc1cccc(NC2CCN(C(=O)CCN3CCN(c4ccc(C(F)(F)F)cc4)CC3)CC2)c1. The predicted octanol–water partition coefficient (Wildman–Crippen LogP) is 4.19. The quantitative estimate of drug-likeness (QED) is 0.665. The van der Waals surface area contributed by atoms with Crippen molar-refractivity contribution < 1.29 is 18.0 Å². The number of benzene rings is 2. The van der Waals surface area contributed by atoms with Crippen molar-refractivity contribution in [3.8, 4) is 6.07 Å². The smallest absolute Gasteiger partial charge is 0.382 e. The highest BCUT2D eigenvalue weighted by atomic mass is 19.4. The molecular weight excluding hydrogens is 455 g/mol. The van der Waals surface area contributed by atoms with Crippen LogP contribution in [0.4, 0.5) is 24.5 Å². The van der Waals surface area contributed by atoms with Crippen LogP contribution in [0.3, 0.4) is 0 Å². The van der Waals surface area contributed by atoms with Crippen molar-refractivity contribution in [1.29, 1.82) is 5.26 Å². The van der Waals surface area contributed by atoms with Gasteiger partial charge in [-0.05, 0) is 55.3 Å². The largest absolute Gasteiger partial charge is 0.416 e. The van der Waals surface area contributed by atoms with Crippen molar-refractivity contribution in [3.63, 3.8) is 0 Å². The first-order valence-electron chi connectivity index (χ1n) is 12.0. The summed E-state index contributed by atoms with van der Waals surface area (Å²) in [6.07, 6.45) is -2.11. The zero-order chi connectivity index (χ0) is 24.8. The number of carbonyl (C=O) groups excluding carboxylic acids is 1. The maximum Gasteiger partial charge on any atom is 0.416 e. The molecule has 0 atom stereocenters. The van der Waals surface area contributed by atoms with Gasteiger partial charge in [0.2, 0.25) is 5.91 Å². The molecule has 2 saturated heterocycles. The highest BCUT2D eigenvalue weighted by Gasteiger charge is 2.30. The summed E-state index contributed by atoms with van der Waals surface area (Å²) < 4.78 is 38.3. The van der Waals surface area contributed by atoms with Crippen LogP contribution in [0.25, 0.3) is 0 Å². The molecule has 0 saturated carbocycles. The van der Waals surface area contributed by atoms with Crippen molar-refractivity contribution in [2.24, 2.45) is 0 Å². The Bertz CT molecular complexity index is 1030. The molecule has 186 valence electrons. The van der Waals surface area contributed by atoms with Gasteiger partial charge in [-0.15, -0.1) is 0 Å². The molecule has 2 aliphatic heterocycles. The van der Waals surface area contributed by atoms with Crippen LogP contribution in [-0.4, -0.2) is 67.6 Å². The van der Waals surface area contributed by atoms with Crippen LogP contribution in [0.2, 0.25) is 0 Å². The van der Waals surface area contributed by atoms with Crippen LogP contribution in [0.15, 0.2) is 48.5 Å². The predicted molar refractivity (Wildman–Crippen MR) is 129 cm³/mol. The molecular formula is C26H30F3N5O. The molecule has 2 fully saturated rings. The number of likely N-dealkylation sites (tertiary alicyclic amines) is 1.